The molecule has 10 rings (SSSR count). The lowest BCUT2D eigenvalue weighted by Gasteiger charge is -2.32. The van der Waals surface area contributed by atoms with Crippen LogP contribution in [0, 0.1) is 0 Å². The molecular weight excluding hydrogens is 821 g/mol. The molecule has 4 heterocycles. The number of carbonyl (C=O) groups is 2. The second kappa shape index (κ2) is 19.7. The number of nitrogens with zero attached hydrogens (tertiary/aromatic N) is 6. The molecule has 2 aliphatic heterocycles. The quantitative estimate of drug-likeness (QED) is 0.139. The summed E-state index contributed by atoms with van der Waals surface area (Å²) in [5, 5.41) is 16.4. The van der Waals surface area contributed by atoms with Crippen molar-refractivity contribution >= 4 is 57.0 Å². The van der Waals surface area contributed by atoms with Crippen molar-refractivity contribution in [1.82, 2.24) is 19.9 Å². The van der Waals surface area contributed by atoms with E-state index in [1.807, 2.05) is 78.9 Å². The van der Waals surface area contributed by atoms with Crippen molar-refractivity contribution in [2.24, 2.45) is 0 Å². The number of hydrogen-bond acceptors (Lipinski definition) is 12. The molecular formula is C52H48N6O7. The number of aromatic nitrogens is 4. The van der Waals surface area contributed by atoms with Gasteiger partial charge in [0.15, 0.2) is 11.6 Å². The van der Waals surface area contributed by atoms with Gasteiger partial charge in [0.25, 0.3) is 0 Å². The number of benzene rings is 6. The number of carbonyl (C=O) groups excluding carboxylic acids is 1. The van der Waals surface area contributed by atoms with Gasteiger partial charge >= 0.3 is 11.9 Å². The van der Waals surface area contributed by atoms with Crippen LogP contribution in [-0.4, -0.2) is 83.6 Å². The topological polar surface area (TPSA) is 160 Å². The molecule has 0 aliphatic carbocycles. The maximum absolute atomic E-state index is 12.1. The molecule has 0 amide bonds. The van der Waals surface area contributed by atoms with Crippen molar-refractivity contribution in [3.8, 4) is 34.0 Å². The van der Waals surface area contributed by atoms with Crippen LogP contribution >= 0.6 is 0 Å². The van der Waals surface area contributed by atoms with Crippen molar-refractivity contribution in [1.29, 1.82) is 0 Å². The van der Waals surface area contributed by atoms with E-state index in [0.717, 1.165) is 108 Å². The zero-order valence-corrected chi connectivity index (χ0v) is 36.6. The van der Waals surface area contributed by atoms with Crippen molar-refractivity contribution in [3.05, 3.63) is 156 Å². The minimum absolute atomic E-state index is 0.198. The van der Waals surface area contributed by atoms with Gasteiger partial charge in [-0.15, -0.1) is 0 Å². The SMILES string of the molecule is CO.COC(=O)c1ccc2nc(-c3ccccc3)c(N3CCCc4cc(OC)ccc43)nc2c1.COc1ccc2c(c1)CCCN2c1nc2cc(C(=O)O)ccc2nc1-c1ccccc1. The minimum Gasteiger partial charge on any atom is -0.497 e. The van der Waals surface area contributed by atoms with Crippen LogP contribution in [0.5, 0.6) is 11.5 Å². The highest BCUT2D eigenvalue weighted by Gasteiger charge is 2.26. The predicted molar refractivity (Wildman–Crippen MR) is 253 cm³/mol. The van der Waals surface area contributed by atoms with E-state index in [9.17, 15) is 14.7 Å². The Hall–Kier alpha value is -7.90. The van der Waals surface area contributed by atoms with Gasteiger partial charge in [0.2, 0.25) is 0 Å². The highest BCUT2D eigenvalue weighted by atomic mass is 16.5. The Balaban J connectivity index is 0.000000171. The number of anilines is 4. The van der Waals surface area contributed by atoms with Gasteiger partial charge in [-0.25, -0.2) is 29.5 Å². The van der Waals surface area contributed by atoms with E-state index < -0.39 is 11.9 Å². The van der Waals surface area contributed by atoms with Crippen LogP contribution in [-0.2, 0) is 17.6 Å². The molecule has 0 saturated heterocycles. The van der Waals surface area contributed by atoms with Gasteiger partial charge in [-0.3, -0.25) is 0 Å². The molecule has 0 unspecified atom stereocenters. The van der Waals surface area contributed by atoms with Crippen LogP contribution in [0.15, 0.2) is 133 Å². The summed E-state index contributed by atoms with van der Waals surface area (Å²) in [6, 6.07) is 42.4. The van der Waals surface area contributed by atoms with E-state index in [4.69, 9.17) is 39.3 Å². The first-order valence-corrected chi connectivity index (χ1v) is 21.2. The van der Waals surface area contributed by atoms with E-state index in [-0.39, 0.29) is 5.56 Å². The summed E-state index contributed by atoms with van der Waals surface area (Å²) < 4.78 is 15.7. The fourth-order valence-electron chi connectivity index (χ4n) is 8.26. The number of ether oxygens (including phenoxy) is 3. The zero-order valence-electron chi connectivity index (χ0n) is 36.6. The molecule has 13 nitrogen and oxygen atoms in total. The third kappa shape index (κ3) is 9.13. The molecule has 6 aromatic carbocycles. The summed E-state index contributed by atoms with van der Waals surface area (Å²) in [5.74, 6) is 1.82. The summed E-state index contributed by atoms with van der Waals surface area (Å²) in [4.78, 5) is 47.8. The molecule has 0 radical (unpaired) electrons. The lowest BCUT2D eigenvalue weighted by molar-refractivity contribution is 0.0600. The average Bonchev–Trinajstić information content (AvgIpc) is 3.37. The number of rotatable bonds is 8. The molecule has 328 valence electrons. The fourth-order valence-corrected chi connectivity index (χ4v) is 8.26. The van der Waals surface area contributed by atoms with E-state index in [0.29, 0.717) is 22.1 Å². The van der Waals surface area contributed by atoms with Crippen molar-refractivity contribution in [2.75, 3.05) is 51.3 Å². The Labute approximate surface area is 376 Å². The summed E-state index contributed by atoms with van der Waals surface area (Å²) >= 11 is 0. The van der Waals surface area contributed by atoms with Gasteiger partial charge in [-0.2, -0.15) is 0 Å². The van der Waals surface area contributed by atoms with Crippen LogP contribution < -0.4 is 19.3 Å². The first-order chi connectivity index (χ1) is 31.8. The minimum atomic E-state index is -0.979. The van der Waals surface area contributed by atoms with Crippen LogP contribution in [0.1, 0.15) is 44.7 Å². The number of aliphatic hydroxyl groups is 1. The van der Waals surface area contributed by atoms with Gasteiger partial charge in [0.05, 0.1) is 54.5 Å². The fraction of sp³-hybridized carbons (Fsp3) is 0.192. The van der Waals surface area contributed by atoms with Crippen LogP contribution in [0.4, 0.5) is 23.0 Å². The van der Waals surface area contributed by atoms with Gasteiger partial charge in [-0.05, 0) is 110 Å². The molecule has 0 bridgehead atoms. The van der Waals surface area contributed by atoms with Crippen LogP contribution in [0.2, 0.25) is 0 Å². The molecule has 0 fully saturated rings. The number of fused-ring (bicyclic) bond motifs is 4. The number of carboxylic acid groups (broad SMARTS) is 1. The third-order valence-corrected chi connectivity index (χ3v) is 11.4. The van der Waals surface area contributed by atoms with E-state index in [1.54, 1.807) is 44.6 Å². The molecule has 0 saturated carbocycles. The first-order valence-electron chi connectivity index (χ1n) is 21.2. The first kappa shape index (κ1) is 43.7. The second-order valence-electron chi connectivity index (χ2n) is 15.2. The molecule has 0 spiro atoms. The van der Waals surface area contributed by atoms with E-state index >= 15 is 0 Å². The largest absolute Gasteiger partial charge is 0.497 e. The summed E-state index contributed by atoms with van der Waals surface area (Å²) in [5.41, 5.74) is 11.4. The van der Waals surface area contributed by atoms with Crippen molar-refractivity contribution in [3.63, 3.8) is 0 Å². The van der Waals surface area contributed by atoms with Gasteiger partial charge in [0, 0.05) is 42.7 Å². The van der Waals surface area contributed by atoms with Gasteiger partial charge < -0.3 is 34.2 Å². The molecule has 65 heavy (non-hydrogen) atoms. The summed E-state index contributed by atoms with van der Waals surface area (Å²) in [7, 11) is 5.73. The summed E-state index contributed by atoms with van der Waals surface area (Å²) in [6.07, 6.45) is 3.92. The predicted octanol–water partition coefficient (Wildman–Crippen LogP) is 9.87. The normalized spacial score (nSPS) is 12.8. The van der Waals surface area contributed by atoms with Crippen molar-refractivity contribution in [2.45, 2.75) is 25.7 Å². The Morgan fingerprint density at radius 2 is 0.969 bits per heavy atom. The van der Waals surface area contributed by atoms with Gasteiger partial charge in [0.1, 0.15) is 22.9 Å². The number of methoxy groups -OCH3 is 3. The number of hydrogen-bond donors (Lipinski definition) is 2. The van der Waals surface area contributed by atoms with Crippen LogP contribution in [0.25, 0.3) is 44.6 Å². The number of aromatic carboxylic acids is 1. The Kier molecular flexibility index (Phi) is 13.2. The van der Waals surface area contributed by atoms with Crippen molar-refractivity contribution < 1.29 is 34.0 Å². The Bertz CT molecular complexity index is 3000. The third-order valence-electron chi connectivity index (χ3n) is 11.4. The smallest absolute Gasteiger partial charge is 0.337 e. The molecule has 2 aliphatic rings. The van der Waals surface area contributed by atoms with Gasteiger partial charge in [-0.1, -0.05) is 60.7 Å². The standard InChI is InChI=1S/C26H23N3O3.C25H21N3O3.CH4O/c1-31-20-11-13-23-18(15-20)9-6-14-29(23)25-24(17-7-4-3-5-8-17)27-21-12-10-19(26(30)32-2)16-22(21)28-25;1-31-19-10-12-22-17(14-19)8-5-13-28(22)24-23(16-6-3-2-4-7-16)26-20-11-9-18(25(29)30)15-21(20)27-24;1-2/h3-5,7-8,10-13,15-16H,6,9,14H2,1-2H3;2-4,6-7,9-12,14-15H,5,8,13H2,1H3,(H,29,30);2H,1H3. The number of carboxylic acids is 1. The lowest BCUT2D eigenvalue weighted by atomic mass is 10.0. The van der Waals surface area contributed by atoms with Crippen LogP contribution in [0.3, 0.4) is 0 Å². The molecule has 8 aromatic rings. The lowest BCUT2D eigenvalue weighted by Crippen LogP contribution is -2.26. The summed E-state index contributed by atoms with van der Waals surface area (Å²) in [6.45, 7) is 1.63. The van der Waals surface area contributed by atoms with E-state index in [1.165, 1.54) is 18.2 Å². The molecule has 0 atom stereocenters. The second-order valence-corrected chi connectivity index (χ2v) is 15.2. The number of aliphatic hydroxyl groups excluding tert-OH is 1. The monoisotopic (exact) mass is 868 g/mol. The highest BCUT2D eigenvalue weighted by molar-refractivity contribution is 5.96. The Morgan fingerprint density at radius 3 is 1.40 bits per heavy atom. The molecule has 2 aromatic heterocycles. The maximum Gasteiger partial charge on any atom is 0.337 e. The maximum atomic E-state index is 12.1. The Morgan fingerprint density at radius 1 is 0.523 bits per heavy atom. The average molecular weight is 869 g/mol. The molecule has 13 heteroatoms. The van der Waals surface area contributed by atoms with E-state index in [2.05, 4.69) is 34.1 Å². The number of esters is 1. The highest BCUT2D eigenvalue weighted by Crippen LogP contribution is 2.41. The molecule has 2 N–H and O–H groups in total. The number of aryl methyl sites for hydroxylation is 2. The zero-order chi connectivity index (χ0) is 45.5.